The van der Waals surface area contributed by atoms with Gasteiger partial charge in [0.15, 0.2) is 11.6 Å². The summed E-state index contributed by atoms with van der Waals surface area (Å²) in [5.41, 5.74) is 0.824. The van der Waals surface area contributed by atoms with Crippen molar-refractivity contribution < 1.29 is 24.0 Å². The van der Waals surface area contributed by atoms with Crippen molar-refractivity contribution >= 4 is 23.4 Å². The van der Waals surface area contributed by atoms with E-state index < -0.39 is 16.8 Å². The third-order valence-corrected chi connectivity index (χ3v) is 4.68. The summed E-state index contributed by atoms with van der Waals surface area (Å²) in [4.78, 5) is 43.0. The first-order chi connectivity index (χ1) is 15.2. The summed E-state index contributed by atoms with van der Waals surface area (Å²) in [5, 5.41) is 3.99. The minimum absolute atomic E-state index is 0.00728. The van der Waals surface area contributed by atoms with E-state index in [1.165, 1.54) is 0 Å². The molecule has 0 aliphatic rings. The normalized spacial score (nSPS) is 12.5. The van der Waals surface area contributed by atoms with Crippen molar-refractivity contribution in [2.75, 3.05) is 0 Å². The summed E-state index contributed by atoms with van der Waals surface area (Å²) in [5.74, 6) is -0.656. The molecule has 6 heteroatoms. The Hall–Kier alpha value is -3.28. The average molecular weight is 452 g/mol. The maximum absolute atomic E-state index is 12.8. The number of hydrogen-bond donors (Lipinski definition) is 0. The molecule has 0 atom stereocenters. The summed E-state index contributed by atoms with van der Waals surface area (Å²) in [7, 11) is 0. The molecule has 0 N–H and O–H groups in total. The van der Waals surface area contributed by atoms with Crippen LogP contribution in [0.2, 0.25) is 0 Å². The third kappa shape index (κ3) is 7.11. The number of carbonyl (C=O) groups is 3. The first kappa shape index (κ1) is 26.0. The molecule has 0 amide bonds. The Kier molecular flexibility index (Phi) is 7.96. The van der Waals surface area contributed by atoms with Gasteiger partial charge in [0.1, 0.15) is 6.10 Å². The van der Waals surface area contributed by atoms with Gasteiger partial charge in [-0.2, -0.15) is 0 Å². The molecule has 0 saturated carbocycles. The summed E-state index contributed by atoms with van der Waals surface area (Å²) in [6.07, 6.45) is -0.219. The van der Waals surface area contributed by atoms with Gasteiger partial charge in [-0.15, -0.1) is 0 Å². The summed E-state index contributed by atoms with van der Waals surface area (Å²) < 4.78 is 5.52. The van der Waals surface area contributed by atoms with Gasteiger partial charge in [0.2, 0.25) is 0 Å². The number of benzene rings is 2. The van der Waals surface area contributed by atoms with E-state index in [1.54, 1.807) is 62.4 Å². The summed E-state index contributed by atoms with van der Waals surface area (Å²) in [6, 6.07) is 13.0. The van der Waals surface area contributed by atoms with Gasteiger partial charge < -0.3 is 9.57 Å². The highest BCUT2D eigenvalue weighted by Crippen LogP contribution is 2.23. The fraction of sp³-hybridized carbons (Fsp3) is 0.407. The summed E-state index contributed by atoms with van der Waals surface area (Å²) >= 11 is 0. The maximum Gasteiger partial charge on any atom is 0.344 e. The van der Waals surface area contributed by atoms with Gasteiger partial charge in [-0.25, -0.2) is 4.79 Å². The van der Waals surface area contributed by atoms with Crippen LogP contribution < -0.4 is 0 Å². The Morgan fingerprint density at radius 2 is 1.03 bits per heavy atom. The molecule has 0 bridgehead atoms. The molecule has 2 aromatic carbocycles. The molecule has 2 aromatic rings. The quantitative estimate of drug-likeness (QED) is 0.175. The lowest BCUT2D eigenvalue weighted by atomic mass is 9.86. The van der Waals surface area contributed by atoms with Crippen LogP contribution in [0.1, 0.15) is 92.0 Å². The molecular weight excluding hydrogens is 418 g/mol. The minimum Gasteiger partial charge on any atom is -0.400 e. The van der Waals surface area contributed by atoms with Crippen LogP contribution in [0.25, 0.3) is 0 Å². The Balaban J connectivity index is 2.27. The van der Waals surface area contributed by atoms with E-state index in [2.05, 4.69) is 5.16 Å². The Labute approximate surface area is 196 Å². The molecule has 0 aliphatic carbocycles. The second-order valence-electron chi connectivity index (χ2n) is 10.3. The number of Topliss-reactive ketones (excluding diaryl/α,β-unsaturated/α-hetero) is 2. The number of esters is 1. The Morgan fingerprint density at radius 1 is 0.667 bits per heavy atom. The second-order valence-corrected chi connectivity index (χ2v) is 10.3. The number of carbonyl (C=O) groups excluding carboxylic acids is 3. The van der Waals surface area contributed by atoms with E-state index in [0.717, 1.165) is 0 Å². The second kappa shape index (κ2) is 10.1. The first-order valence-electron chi connectivity index (χ1n) is 11.0. The van der Waals surface area contributed by atoms with Crippen molar-refractivity contribution in [3.8, 4) is 0 Å². The van der Waals surface area contributed by atoms with Crippen molar-refractivity contribution in [3.05, 3.63) is 70.8 Å². The molecule has 0 spiro atoms. The van der Waals surface area contributed by atoms with Crippen LogP contribution in [-0.4, -0.2) is 29.5 Å². The Bertz CT molecular complexity index is 1030. The zero-order valence-corrected chi connectivity index (χ0v) is 20.7. The number of hydrogen-bond acceptors (Lipinski definition) is 6. The molecule has 0 heterocycles. The van der Waals surface area contributed by atoms with Crippen molar-refractivity contribution in [1.82, 2.24) is 0 Å². The van der Waals surface area contributed by atoms with Gasteiger partial charge in [-0.05, 0) is 43.3 Å². The smallest absolute Gasteiger partial charge is 0.344 e. The molecule has 0 aliphatic heterocycles. The average Bonchev–Trinajstić information content (AvgIpc) is 2.74. The molecule has 0 fully saturated rings. The lowest BCUT2D eigenvalue weighted by Crippen LogP contribution is -2.21. The van der Waals surface area contributed by atoms with Gasteiger partial charge >= 0.3 is 5.97 Å². The zero-order valence-electron chi connectivity index (χ0n) is 20.7. The van der Waals surface area contributed by atoms with Crippen LogP contribution in [0.3, 0.4) is 0 Å². The van der Waals surface area contributed by atoms with Crippen molar-refractivity contribution in [2.45, 2.75) is 61.5 Å². The standard InChI is InChI=1S/C27H33NO5/c1-17(2)33-28-24(20-13-9-18(10-14-20)22(29)26(3,4)5)32-25(31)21-15-11-19(12-16-21)23(30)27(6,7)8/h9-17H,1-8H3/b28-24-. The topological polar surface area (TPSA) is 82.0 Å². The monoisotopic (exact) mass is 451 g/mol. The van der Waals surface area contributed by atoms with Crippen LogP contribution in [0.4, 0.5) is 0 Å². The predicted molar refractivity (Wildman–Crippen MR) is 129 cm³/mol. The number of oxime groups is 1. The van der Waals surface area contributed by atoms with Gasteiger partial charge in [-0.3, -0.25) is 9.59 Å². The van der Waals surface area contributed by atoms with Crippen LogP contribution in [0.15, 0.2) is 53.7 Å². The Morgan fingerprint density at radius 3 is 1.39 bits per heavy atom. The molecule has 0 saturated heterocycles. The van der Waals surface area contributed by atoms with E-state index in [1.807, 2.05) is 41.5 Å². The largest absolute Gasteiger partial charge is 0.400 e. The SMILES string of the molecule is CC(C)O/N=C(\OC(=O)c1ccc(C(=O)C(C)(C)C)cc1)c1ccc(C(=O)C(C)(C)C)cc1. The predicted octanol–water partition coefficient (Wildman–Crippen LogP) is 6.09. The highest BCUT2D eigenvalue weighted by molar-refractivity contribution is 6.06. The molecule has 0 aromatic heterocycles. The lowest BCUT2D eigenvalue weighted by molar-refractivity contribution is 0.0624. The number of ether oxygens (including phenoxy) is 1. The lowest BCUT2D eigenvalue weighted by Gasteiger charge is -2.17. The fourth-order valence-corrected chi connectivity index (χ4v) is 2.82. The molecule has 176 valence electrons. The first-order valence-corrected chi connectivity index (χ1v) is 11.0. The third-order valence-electron chi connectivity index (χ3n) is 4.68. The molecule has 33 heavy (non-hydrogen) atoms. The molecule has 0 unspecified atom stereocenters. The van der Waals surface area contributed by atoms with Gasteiger partial charge in [0, 0.05) is 27.5 Å². The highest BCUT2D eigenvalue weighted by atomic mass is 16.7. The molecule has 0 radical (unpaired) electrons. The maximum atomic E-state index is 12.8. The van der Waals surface area contributed by atoms with E-state index in [0.29, 0.717) is 16.7 Å². The zero-order chi connectivity index (χ0) is 25.0. The molecule has 2 rings (SSSR count). The number of nitrogens with zero attached hydrogens (tertiary/aromatic N) is 1. The molecule has 6 nitrogen and oxygen atoms in total. The highest BCUT2D eigenvalue weighted by Gasteiger charge is 2.24. The van der Waals surface area contributed by atoms with E-state index >= 15 is 0 Å². The van der Waals surface area contributed by atoms with Gasteiger partial charge in [0.05, 0.1) is 5.56 Å². The van der Waals surface area contributed by atoms with E-state index in [9.17, 15) is 14.4 Å². The van der Waals surface area contributed by atoms with Crippen LogP contribution in [-0.2, 0) is 9.57 Å². The fourth-order valence-electron chi connectivity index (χ4n) is 2.82. The van der Waals surface area contributed by atoms with Crippen molar-refractivity contribution in [3.63, 3.8) is 0 Å². The van der Waals surface area contributed by atoms with Crippen molar-refractivity contribution in [2.24, 2.45) is 16.0 Å². The van der Waals surface area contributed by atoms with Crippen LogP contribution in [0.5, 0.6) is 0 Å². The minimum atomic E-state index is -0.634. The van der Waals surface area contributed by atoms with Crippen LogP contribution >= 0.6 is 0 Å². The summed E-state index contributed by atoms with van der Waals surface area (Å²) in [6.45, 7) is 14.7. The molecular formula is C27H33NO5. The van der Waals surface area contributed by atoms with Crippen molar-refractivity contribution in [1.29, 1.82) is 0 Å². The van der Waals surface area contributed by atoms with E-state index in [4.69, 9.17) is 9.57 Å². The van der Waals surface area contributed by atoms with E-state index in [-0.39, 0.29) is 29.1 Å². The number of rotatable bonds is 6. The number of ketones is 2. The van der Waals surface area contributed by atoms with Crippen LogP contribution in [0, 0.1) is 10.8 Å². The van der Waals surface area contributed by atoms with Gasteiger partial charge in [-0.1, -0.05) is 65.8 Å². The van der Waals surface area contributed by atoms with Gasteiger partial charge in [0.25, 0.3) is 5.90 Å².